The Labute approximate surface area is 251 Å². The first kappa shape index (κ1) is 34.2. The summed E-state index contributed by atoms with van der Waals surface area (Å²) in [6.45, 7) is 0.336. The molecule has 0 unspecified atom stereocenters. The van der Waals surface area contributed by atoms with Gasteiger partial charge < -0.3 is 31.7 Å². The number of carbonyl (C=O) groups excluding carboxylic acids is 2. The maximum atomic E-state index is 12.5. The number of methoxy groups -OCH3 is 1. The largest absolute Gasteiger partial charge is 0.496 e. The number of benzene rings is 2. The first-order chi connectivity index (χ1) is 19.8. The lowest BCUT2D eigenvalue weighted by atomic mass is 9.96. The van der Waals surface area contributed by atoms with Crippen molar-refractivity contribution in [2.45, 2.75) is 49.5 Å². The maximum absolute atomic E-state index is 12.5. The molecule has 1 saturated carbocycles. The zero-order valence-corrected chi connectivity index (χ0v) is 25.5. The number of nitrogens with two attached hydrogens (primary N) is 2. The summed E-state index contributed by atoms with van der Waals surface area (Å²) in [7, 11) is 0.957. The Morgan fingerprint density at radius 1 is 1.10 bits per heavy atom. The van der Waals surface area contributed by atoms with E-state index < -0.39 is 16.1 Å². The van der Waals surface area contributed by atoms with Crippen LogP contribution >= 0.6 is 11.6 Å². The average Bonchev–Trinajstić information content (AvgIpc) is 2.93. The minimum Gasteiger partial charge on any atom is -0.496 e. The summed E-state index contributed by atoms with van der Waals surface area (Å²) >= 11 is 5.96. The highest BCUT2D eigenvalue weighted by Gasteiger charge is 2.21. The van der Waals surface area contributed by atoms with Crippen molar-refractivity contribution in [3.8, 4) is 5.75 Å². The van der Waals surface area contributed by atoms with Gasteiger partial charge in [0.2, 0.25) is 5.96 Å². The molecule has 1 fully saturated rings. The van der Waals surface area contributed by atoms with E-state index in [0.717, 1.165) is 37.7 Å². The van der Waals surface area contributed by atoms with Gasteiger partial charge >= 0.3 is 6.03 Å². The van der Waals surface area contributed by atoms with Crippen LogP contribution in [-0.2, 0) is 16.4 Å². The quantitative estimate of drug-likeness (QED) is 0.190. The number of rotatable bonds is 8. The van der Waals surface area contributed by atoms with Crippen LogP contribution in [0, 0.1) is 5.41 Å². The molecular formula is C27H39ClN8O5S. The van der Waals surface area contributed by atoms with Crippen LogP contribution in [0.4, 0.5) is 4.79 Å². The molecule has 1 aliphatic rings. The second-order valence-electron chi connectivity index (χ2n) is 9.66. The Morgan fingerprint density at radius 3 is 2.29 bits per heavy atom. The average molecular weight is 623 g/mol. The van der Waals surface area contributed by atoms with Crippen molar-refractivity contribution in [2.24, 2.45) is 16.5 Å². The van der Waals surface area contributed by atoms with Gasteiger partial charge in [-0.2, -0.15) is 4.99 Å². The highest BCUT2D eigenvalue weighted by molar-refractivity contribution is 7.90. The number of hydrogen-bond acceptors (Lipinski definition) is 6. The van der Waals surface area contributed by atoms with Gasteiger partial charge in [-0.25, -0.2) is 17.9 Å². The minimum atomic E-state index is -3.97. The van der Waals surface area contributed by atoms with E-state index in [1.165, 1.54) is 25.3 Å². The molecule has 0 spiro atoms. The maximum Gasteiger partial charge on any atom is 0.328 e. The van der Waals surface area contributed by atoms with Gasteiger partial charge in [0.15, 0.2) is 5.96 Å². The van der Waals surface area contributed by atoms with Crippen molar-refractivity contribution >= 4 is 45.5 Å². The standard InChI is InChI=1S/C23H28ClN3O5S.C4H11N5/c1-32-21-12-9-17(24)15-20(21)22(28)25-14-13-16-7-10-19(11-8-16)33(30,31)27-23(29)26-18-5-3-2-4-6-18;1-9(2)4(7)8-3(5)6/h7-12,15,18H,2-6,13-14H2,1H3,(H,25,28)(H2,26,27,29);1-2H3,(H5,5,6,7,8). The molecule has 0 heterocycles. The number of amides is 3. The molecule has 0 bridgehead atoms. The van der Waals surface area contributed by atoms with E-state index in [-0.39, 0.29) is 28.8 Å². The fraction of sp³-hybridized carbons (Fsp3) is 0.407. The van der Waals surface area contributed by atoms with E-state index in [2.05, 4.69) is 20.3 Å². The lowest BCUT2D eigenvalue weighted by molar-refractivity contribution is 0.0951. The van der Waals surface area contributed by atoms with Gasteiger partial charge in [-0.3, -0.25) is 10.2 Å². The number of aliphatic imine (C=N–C) groups is 1. The summed E-state index contributed by atoms with van der Waals surface area (Å²) < 4.78 is 32.2. The first-order valence-electron chi connectivity index (χ1n) is 13.2. The minimum absolute atomic E-state index is 0.00209. The number of nitrogens with zero attached hydrogens (tertiary/aromatic N) is 2. The molecule has 15 heteroatoms. The monoisotopic (exact) mass is 622 g/mol. The van der Waals surface area contributed by atoms with Crippen LogP contribution in [0.5, 0.6) is 5.75 Å². The summed E-state index contributed by atoms with van der Waals surface area (Å²) in [5.74, 6) is 0.0666. The highest BCUT2D eigenvalue weighted by atomic mass is 35.5. The molecule has 1 aliphatic carbocycles. The van der Waals surface area contributed by atoms with Gasteiger partial charge in [-0.15, -0.1) is 0 Å². The Bertz CT molecular complexity index is 1360. The predicted octanol–water partition coefficient (Wildman–Crippen LogP) is 2.40. The fourth-order valence-corrected chi connectivity index (χ4v) is 5.06. The third kappa shape index (κ3) is 11.4. The number of hydrogen-bond donors (Lipinski definition) is 6. The lowest BCUT2D eigenvalue weighted by Gasteiger charge is -2.22. The second kappa shape index (κ2) is 16.4. The second-order valence-corrected chi connectivity index (χ2v) is 11.8. The molecule has 8 N–H and O–H groups in total. The fourth-order valence-electron chi connectivity index (χ4n) is 3.97. The van der Waals surface area contributed by atoms with Gasteiger partial charge in [0, 0.05) is 31.7 Å². The van der Waals surface area contributed by atoms with Crippen LogP contribution < -0.4 is 31.6 Å². The highest BCUT2D eigenvalue weighted by Crippen LogP contribution is 2.22. The van der Waals surface area contributed by atoms with Gasteiger partial charge in [0.1, 0.15) is 5.75 Å². The van der Waals surface area contributed by atoms with Crippen molar-refractivity contribution in [3.63, 3.8) is 0 Å². The van der Waals surface area contributed by atoms with E-state index in [1.807, 2.05) is 0 Å². The van der Waals surface area contributed by atoms with E-state index in [9.17, 15) is 18.0 Å². The summed E-state index contributed by atoms with van der Waals surface area (Å²) in [5, 5.41) is 12.7. The number of nitrogens with one attached hydrogen (secondary N) is 4. The normalized spacial score (nSPS) is 13.7. The van der Waals surface area contributed by atoms with E-state index >= 15 is 0 Å². The lowest BCUT2D eigenvalue weighted by Crippen LogP contribution is -2.45. The number of sulfonamides is 1. The molecular weight excluding hydrogens is 584 g/mol. The van der Waals surface area contributed by atoms with Gasteiger partial charge in [-0.1, -0.05) is 43.0 Å². The Hall–Kier alpha value is -4.04. The molecule has 0 radical (unpaired) electrons. The number of guanidine groups is 2. The third-order valence-corrected chi connectivity index (χ3v) is 7.78. The van der Waals surface area contributed by atoms with Crippen LogP contribution in [-0.4, -0.2) is 71.0 Å². The molecule has 13 nitrogen and oxygen atoms in total. The SMILES string of the molecule is CN(C)/C(N)=N/C(=N)N.COc1ccc(Cl)cc1C(=O)NCCc1ccc(S(=O)(=O)NC(=O)NC2CCCCC2)cc1. The first-order valence-corrected chi connectivity index (χ1v) is 15.1. The van der Waals surface area contributed by atoms with E-state index in [1.54, 1.807) is 43.3 Å². The van der Waals surface area contributed by atoms with Crippen LogP contribution in [0.25, 0.3) is 0 Å². The zero-order valence-electron chi connectivity index (χ0n) is 23.9. The van der Waals surface area contributed by atoms with Crippen LogP contribution in [0.2, 0.25) is 5.02 Å². The predicted molar refractivity (Wildman–Crippen MR) is 163 cm³/mol. The topological polar surface area (TPSA) is 205 Å². The van der Waals surface area contributed by atoms with E-state index in [4.69, 9.17) is 33.2 Å². The Balaban J connectivity index is 0.000000592. The molecule has 2 aromatic rings. The van der Waals surface area contributed by atoms with Gasteiger partial charge in [-0.05, 0) is 55.2 Å². The van der Waals surface area contributed by atoms with Gasteiger partial charge in [0.05, 0.1) is 17.6 Å². The van der Waals surface area contributed by atoms with Gasteiger partial charge in [0.25, 0.3) is 15.9 Å². The van der Waals surface area contributed by atoms with Crippen molar-refractivity contribution in [3.05, 3.63) is 58.6 Å². The summed E-state index contributed by atoms with van der Waals surface area (Å²) in [6, 6.07) is 10.3. The van der Waals surface area contributed by atoms with Crippen molar-refractivity contribution < 1.29 is 22.7 Å². The third-order valence-electron chi connectivity index (χ3n) is 6.20. The van der Waals surface area contributed by atoms with E-state index in [0.29, 0.717) is 29.3 Å². The van der Waals surface area contributed by atoms with Crippen LogP contribution in [0.3, 0.4) is 0 Å². The Kier molecular flexibility index (Phi) is 13.4. The van der Waals surface area contributed by atoms with Crippen molar-refractivity contribution in [1.82, 2.24) is 20.3 Å². The number of carbonyl (C=O) groups is 2. The molecule has 0 saturated heterocycles. The molecule has 42 heavy (non-hydrogen) atoms. The molecule has 2 aromatic carbocycles. The molecule has 230 valence electrons. The molecule has 0 atom stereocenters. The molecule has 0 aromatic heterocycles. The summed E-state index contributed by atoms with van der Waals surface area (Å²) in [6.07, 6.45) is 5.43. The summed E-state index contributed by atoms with van der Waals surface area (Å²) in [5.41, 5.74) is 11.4. The zero-order chi connectivity index (χ0) is 31.3. The van der Waals surface area contributed by atoms with Crippen LogP contribution in [0.1, 0.15) is 48.0 Å². The van der Waals surface area contributed by atoms with Crippen LogP contribution in [0.15, 0.2) is 52.4 Å². The van der Waals surface area contributed by atoms with Crippen molar-refractivity contribution in [1.29, 1.82) is 5.41 Å². The summed E-state index contributed by atoms with van der Waals surface area (Å²) in [4.78, 5) is 29.5. The number of halogens is 1. The molecule has 3 amide bonds. The molecule has 3 rings (SSSR count). The molecule has 0 aliphatic heterocycles. The number of urea groups is 1. The smallest absolute Gasteiger partial charge is 0.328 e. The number of ether oxygens (including phenoxy) is 1. The van der Waals surface area contributed by atoms with Crippen molar-refractivity contribution in [2.75, 3.05) is 27.7 Å². The Morgan fingerprint density at radius 2 is 1.74 bits per heavy atom.